The van der Waals surface area contributed by atoms with E-state index in [-0.39, 0.29) is 12.0 Å². The first-order chi connectivity index (χ1) is 9.81. The van der Waals surface area contributed by atoms with Crippen LogP contribution in [-0.2, 0) is 4.74 Å². The molecule has 0 unspecified atom stereocenters. The molecule has 1 heterocycles. The fraction of sp³-hybridized carbons (Fsp3) is 0.357. The van der Waals surface area contributed by atoms with E-state index in [1.165, 1.54) is 11.7 Å². The Balaban J connectivity index is 2.50. The highest BCUT2D eigenvalue weighted by molar-refractivity contribution is 5.96. The predicted octanol–water partition coefficient (Wildman–Crippen LogP) is 2.57. The monoisotopic (exact) mass is 290 g/mol. The molecule has 0 saturated carbocycles. The van der Waals surface area contributed by atoms with Crippen LogP contribution in [0.4, 0.5) is 15.5 Å². The summed E-state index contributed by atoms with van der Waals surface area (Å²) in [6.45, 7) is 5.62. The van der Waals surface area contributed by atoms with Gasteiger partial charge in [0, 0.05) is 5.54 Å². The number of ether oxygens (including phenoxy) is 1. The smallest absolute Gasteiger partial charge is 0.413 e. The summed E-state index contributed by atoms with van der Waals surface area (Å²) in [5.74, 6) is 0.116. The molecule has 0 aliphatic rings. The quantitative estimate of drug-likeness (QED) is 0.845. The molecule has 7 heteroatoms. The van der Waals surface area contributed by atoms with Gasteiger partial charge in [0.2, 0.25) is 5.95 Å². The van der Waals surface area contributed by atoms with Crippen molar-refractivity contribution in [3.05, 3.63) is 24.3 Å². The van der Waals surface area contributed by atoms with Crippen molar-refractivity contribution in [2.45, 2.75) is 26.3 Å². The topological polar surface area (TPSA) is 85.2 Å². The van der Waals surface area contributed by atoms with E-state index in [2.05, 4.69) is 20.4 Å². The largest absolute Gasteiger partial charge is 0.453 e. The van der Waals surface area contributed by atoms with Crippen LogP contribution in [0.1, 0.15) is 20.8 Å². The van der Waals surface area contributed by atoms with Gasteiger partial charge in [-0.25, -0.2) is 19.1 Å². The molecule has 7 nitrogen and oxygen atoms in total. The summed E-state index contributed by atoms with van der Waals surface area (Å²) in [5.41, 5.74) is 0.795. The van der Waals surface area contributed by atoms with E-state index in [4.69, 9.17) is 0 Å². The van der Waals surface area contributed by atoms with E-state index in [0.29, 0.717) is 11.0 Å². The molecule has 0 aliphatic carbocycles. The molecular formula is C14H18N4O3. The fourth-order valence-electron chi connectivity index (χ4n) is 1.83. The van der Waals surface area contributed by atoms with Gasteiger partial charge in [-0.1, -0.05) is 12.1 Å². The predicted molar refractivity (Wildman–Crippen MR) is 79.4 cm³/mol. The number of amides is 2. The first-order valence-electron chi connectivity index (χ1n) is 6.47. The molecule has 0 aliphatic heterocycles. The molecule has 1 aromatic heterocycles. The van der Waals surface area contributed by atoms with Crippen LogP contribution >= 0.6 is 0 Å². The zero-order valence-corrected chi connectivity index (χ0v) is 12.4. The number of carbonyl (C=O) groups is 2. The summed E-state index contributed by atoms with van der Waals surface area (Å²) in [4.78, 5) is 28.1. The van der Waals surface area contributed by atoms with Crippen molar-refractivity contribution >= 4 is 29.1 Å². The van der Waals surface area contributed by atoms with E-state index < -0.39 is 11.6 Å². The highest BCUT2D eigenvalue weighted by Gasteiger charge is 2.22. The minimum atomic E-state index is -0.685. The van der Waals surface area contributed by atoms with Crippen LogP contribution in [0, 0.1) is 0 Å². The molecule has 2 amide bonds. The second kappa shape index (κ2) is 5.43. The standard InChI is InChI=1S/C14H18N4O3/c1-14(2,3)17-12(19)18-10-8-6-5-7-9(10)15-11(18)16-13(20)21-4/h5-8H,1-4H3,(H,17,19)(H,15,16,20). The maximum absolute atomic E-state index is 12.4. The first kappa shape index (κ1) is 14.8. The van der Waals surface area contributed by atoms with Gasteiger partial charge in [0.25, 0.3) is 0 Å². The average Bonchev–Trinajstić information content (AvgIpc) is 2.74. The summed E-state index contributed by atoms with van der Waals surface area (Å²) >= 11 is 0. The third-order valence-corrected chi connectivity index (χ3v) is 2.65. The number of fused-ring (bicyclic) bond motifs is 1. The maximum atomic E-state index is 12.4. The number of hydrogen-bond donors (Lipinski definition) is 2. The minimum absolute atomic E-state index is 0.116. The van der Waals surface area contributed by atoms with E-state index in [9.17, 15) is 9.59 Å². The van der Waals surface area contributed by atoms with Crippen LogP contribution < -0.4 is 10.6 Å². The van der Waals surface area contributed by atoms with Crippen LogP contribution in [0.3, 0.4) is 0 Å². The summed E-state index contributed by atoms with van der Waals surface area (Å²) in [5, 5.41) is 5.28. The fourth-order valence-corrected chi connectivity index (χ4v) is 1.83. The van der Waals surface area contributed by atoms with Crippen LogP contribution in [0.25, 0.3) is 11.0 Å². The lowest BCUT2D eigenvalue weighted by Gasteiger charge is -2.21. The number of hydrogen-bond acceptors (Lipinski definition) is 4. The minimum Gasteiger partial charge on any atom is -0.453 e. The third kappa shape index (κ3) is 3.31. The molecule has 0 fully saturated rings. The molecule has 2 aromatic rings. The van der Waals surface area contributed by atoms with Crippen molar-refractivity contribution in [1.82, 2.24) is 14.9 Å². The molecule has 112 valence electrons. The van der Waals surface area contributed by atoms with Gasteiger partial charge >= 0.3 is 12.1 Å². The highest BCUT2D eigenvalue weighted by Crippen LogP contribution is 2.20. The number of imidazole rings is 1. The Bertz CT molecular complexity index is 685. The Kier molecular flexibility index (Phi) is 3.84. The van der Waals surface area contributed by atoms with E-state index >= 15 is 0 Å². The Morgan fingerprint density at radius 1 is 1.24 bits per heavy atom. The molecule has 0 bridgehead atoms. The summed E-state index contributed by atoms with van der Waals surface area (Å²) < 4.78 is 5.87. The zero-order valence-electron chi connectivity index (χ0n) is 12.4. The van der Waals surface area contributed by atoms with Gasteiger partial charge in [0.15, 0.2) is 0 Å². The Morgan fingerprint density at radius 3 is 2.52 bits per heavy atom. The Hall–Kier alpha value is -2.57. The van der Waals surface area contributed by atoms with Crippen LogP contribution in [0.5, 0.6) is 0 Å². The van der Waals surface area contributed by atoms with Crippen molar-refractivity contribution in [2.24, 2.45) is 0 Å². The molecular weight excluding hydrogens is 272 g/mol. The number of para-hydroxylation sites is 2. The molecule has 0 saturated heterocycles. The second-order valence-corrected chi connectivity index (χ2v) is 5.56. The molecule has 0 radical (unpaired) electrons. The third-order valence-electron chi connectivity index (χ3n) is 2.65. The molecule has 21 heavy (non-hydrogen) atoms. The molecule has 1 aromatic carbocycles. The number of nitrogens with one attached hydrogen (secondary N) is 2. The number of aromatic nitrogens is 2. The average molecular weight is 290 g/mol. The van der Waals surface area contributed by atoms with Crippen LogP contribution in [0.15, 0.2) is 24.3 Å². The summed E-state index contributed by atoms with van der Waals surface area (Å²) in [6, 6.07) is 6.75. The highest BCUT2D eigenvalue weighted by atomic mass is 16.5. The van der Waals surface area contributed by atoms with Gasteiger partial charge < -0.3 is 10.1 Å². The van der Waals surface area contributed by atoms with Gasteiger partial charge in [-0.05, 0) is 32.9 Å². The van der Waals surface area contributed by atoms with E-state index in [1.54, 1.807) is 18.2 Å². The number of anilines is 1. The van der Waals surface area contributed by atoms with Crippen molar-refractivity contribution in [3.63, 3.8) is 0 Å². The van der Waals surface area contributed by atoms with Gasteiger partial charge in [0.05, 0.1) is 18.1 Å². The van der Waals surface area contributed by atoms with Crippen molar-refractivity contribution in [1.29, 1.82) is 0 Å². The van der Waals surface area contributed by atoms with Gasteiger partial charge in [-0.15, -0.1) is 0 Å². The molecule has 0 atom stereocenters. The first-order valence-corrected chi connectivity index (χ1v) is 6.47. The van der Waals surface area contributed by atoms with Gasteiger partial charge in [-0.2, -0.15) is 0 Å². The Morgan fingerprint density at radius 2 is 1.90 bits per heavy atom. The van der Waals surface area contributed by atoms with Crippen LogP contribution in [-0.4, -0.2) is 34.3 Å². The maximum Gasteiger partial charge on any atom is 0.413 e. The molecule has 2 rings (SSSR count). The number of rotatable bonds is 1. The Labute approximate surface area is 122 Å². The van der Waals surface area contributed by atoms with E-state index in [1.807, 2.05) is 26.8 Å². The van der Waals surface area contributed by atoms with Crippen molar-refractivity contribution in [3.8, 4) is 0 Å². The number of benzene rings is 1. The lowest BCUT2D eigenvalue weighted by molar-refractivity contribution is 0.186. The van der Waals surface area contributed by atoms with Crippen LogP contribution in [0.2, 0.25) is 0 Å². The normalized spacial score (nSPS) is 11.2. The SMILES string of the molecule is COC(=O)Nc1nc2ccccc2n1C(=O)NC(C)(C)C. The second-order valence-electron chi connectivity index (χ2n) is 5.56. The van der Waals surface area contributed by atoms with Crippen molar-refractivity contribution < 1.29 is 14.3 Å². The number of carbonyl (C=O) groups excluding carboxylic acids is 2. The summed E-state index contributed by atoms with van der Waals surface area (Å²) in [7, 11) is 1.25. The molecule has 0 spiro atoms. The molecule has 2 N–H and O–H groups in total. The van der Waals surface area contributed by atoms with Gasteiger partial charge in [0.1, 0.15) is 0 Å². The van der Waals surface area contributed by atoms with Crippen molar-refractivity contribution in [2.75, 3.05) is 12.4 Å². The van der Waals surface area contributed by atoms with Gasteiger partial charge in [-0.3, -0.25) is 5.32 Å². The lowest BCUT2D eigenvalue weighted by Crippen LogP contribution is -2.43. The number of methoxy groups -OCH3 is 1. The van der Waals surface area contributed by atoms with E-state index in [0.717, 1.165) is 0 Å². The number of nitrogens with zero attached hydrogens (tertiary/aromatic N) is 2. The lowest BCUT2D eigenvalue weighted by atomic mass is 10.1. The zero-order chi connectivity index (χ0) is 15.6. The summed E-state index contributed by atoms with van der Waals surface area (Å²) in [6.07, 6.45) is -0.685.